The summed E-state index contributed by atoms with van der Waals surface area (Å²) in [7, 11) is -5.35. The maximum atomic E-state index is 14.3. The number of carbonyl (C=O) groups is 2. The molecular weight excluding hydrogens is 811 g/mol. The number of anilines is 4. The molecule has 19 heteroatoms. The molecule has 4 aromatic carbocycles. The van der Waals surface area contributed by atoms with E-state index < -0.39 is 32.1 Å². The fourth-order valence-electron chi connectivity index (χ4n) is 5.67. The number of hydrogen-bond acceptors (Lipinski definition) is 11. The standard InChI is InChI=1S/C41H37N9O8S2/c1-57-38-19-12-34(23-39(38)58-2)48-59(53,54)36-15-10-32(11-16-36)46-41(52)49(28-31-8-5-21-44-26-31)50(40(51)45-27-30-7-4-20-43-25-30)35-13-17-37(18-14-35)60(55,56)47-33-9-3-6-29(22-33)24-42/h3-23,25-26,47-48H,27-28H2,1-2H3,(H,45,51)(H,46,52). The molecule has 17 nitrogen and oxygen atoms in total. The van der Waals surface area contributed by atoms with E-state index in [2.05, 4.69) is 30.0 Å². The van der Waals surface area contributed by atoms with E-state index in [0.29, 0.717) is 22.6 Å². The van der Waals surface area contributed by atoms with Gasteiger partial charge in [-0.15, -0.1) is 0 Å². The number of aromatic nitrogens is 2. The molecule has 0 fully saturated rings. The summed E-state index contributed by atoms with van der Waals surface area (Å²) in [6, 6.07) is 28.3. The van der Waals surface area contributed by atoms with Crippen molar-refractivity contribution < 1.29 is 35.9 Å². The molecule has 4 amide bonds. The second kappa shape index (κ2) is 18.7. The van der Waals surface area contributed by atoms with E-state index in [1.165, 1.54) is 99.3 Å². The third-order valence-electron chi connectivity index (χ3n) is 8.58. The van der Waals surface area contributed by atoms with E-state index in [4.69, 9.17) is 9.47 Å². The maximum Gasteiger partial charge on any atom is 0.341 e. The predicted molar refractivity (Wildman–Crippen MR) is 223 cm³/mol. The van der Waals surface area contributed by atoms with Crippen molar-refractivity contribution in [1.29, 1.82) is 5.26 Å². The molecule has 0 radical (unpaired) electrons. The Balaban J connectivity index is 1.30. The molecule has 306 valence electrons. The molecule has 4 N–H and O–H groups in total. The zero-order valence-corrected chi connectivity index (χ0v) is 33.6. The number of urea groups is 2. The molecule has 6 rings (SSSR count). The first-order valence-corrected chi connectivity index (χ1v) is 20.8. The van der Waals surface area contributed by atoms with Crippen LogP contribution in [0.3, 0.4) is 0 Å². The number of nitriles is 1. The maximum absolute atomic E-state index is 14.3. The Morgan fingerprint density at radius 2 is 1.25 bits per heavy atom. The van der Waals surface area contributed by atoms with Gasteiger partial charge in [-0.25, -0.2) is 31.4 Å². The van der Waals surface area contributed by atoms with Gasteiger partial charge >= 0.3 is 12.1 Å². The highest BCUT2D eigenvalue weighted by Gasteiger charge is 2.29. The summed E-state index contributed by atoms with van der Waals surface area (Å²) in [5.41, 5.74) is 2.14. The lowest BCUT2D eigenvalue weighted by Gasteiger charge is -2.35. The average molecular weight is 848 g/mol. The van der Waals surface area contributed by atoms with Crippen molar-refractivity contribution in [2.45, 2.75) is 22.9 Å². The number of rotatable bonds is 14. The van der Waals surface area contributed by atoms with Gasteiger partial charge in [-0.3, -0.25) is 19.4 Å². The number of pyridine rings is 2. The van der Waals surface area contributed by atoms with Gasteiger partial charge in [-0.1, -0.05) is 18.2 Å². The summed E-state index contributed by atoms with van der Waals surface area (Å²) in [5.74, 6) is 0.740. The van der Waals surface area contributed by atoms with Crippen LogP contribution < -0.4 is 34.6 Å². The van der Waals surface area contributed by atoms with Crippen molar-refractivity contribution in [2.24, 2.45) is 0 Å². The number of hydrazine groups is 1. The van der Waals surface area contributed by atoms with Crippen molar-refractivity contribution in [3.05, 3.63) is 157 Å². The molecule has 0 saturated carbocycles. The number of hydrogen-bond donors (Lipinski definition) is 4. The molecule has 0 aliphatic heterocycles. The Hall–Kier alpha value is -7.69. The lowest BCUT2D eigenvalue weighted by molar-refractivity contribution is 0.194. The van der Waals surface area contributed by atoms with Crippen LogP contribution in [0.2, 0.25) is 0 Å². The number of amides is 4. The van der Waals surface area contributed by atoms with Crippen LogP contribution in [-0.4, -0.2) is 58.1 Å². The van der Waals surface area contributed by atoms with Crippen LogP contribution in [0.4, 0.5) is 32.3 Å². The van der Waals surface area contributed by atoms with Crippen molar-refractivity contribution in [3.8, 4) is 17.6 Å². The van der Waals surface area contributed by atoms with Crippen molar-refractivity contribution in [2.75, 3.05) is 34.0 Å². The highest BCUT2D eigenvalue weighted by molar-refractivity contribution is 7.93. The quantitative estimate of drug-likeness (QED) is 0.0886. The first-order valence-electron chi connectivity index (χ1n) is 17.8. The second-order valence-electron chi connectivity index (χ2n) is 12.7. The van der Waals surface area contributed by atoms with E-state index in [9.17, 15) is 31.7 Å². The SMILES string of the molecule is COc1ccc(NS(=O)(=O)c2ccc(NC(=O)N(Cc3cccnc3)N(C(=O)NCc3cccnc3)c3ccc(S(=O)(=O)Nc4cccc(C#N)c4)cc3)cc2)cc1OC. The number of carbonyl (C=O) groups excluding carboxylic acids is 2. The monoisotopic (exact) mass is 847 g/mol. The van der Waals surface area contributed by atoms with Crippen LogP contribution in [0.25, 0.3) is 0 Å². The Labute approximate surface area is 346 Å². The zero-order valence-electron chi connectivity index (χ0n) is 32.0. The van der Waals surface area contributed by atoms with Crippen LogP contribution in [0, 0.1) is 11.3 Å². The summed E-state index contributed by atoms with van der Waals surface area (Å²) >= 11 is 0. The van der Waals surface area contributed by atoms with Gasteiger partial charge in [0.2, 0.25) is 0 Å². The van der Waals surface area contributed by atoms with Crippen molar-refractivity contribution in [1.82, 2.24) is 20.3 Å². The Kier molecular flexibility index (Phi) is 13.1. The zero-order chi connectivity index (χ0) is 42.7. The minimum Gasteiger partial charge on any atom is -0.493 e. The van der Waals surface area contributed by atoms with Gasteiger partial charge in [0, 0.05) is 43.1 Å². The van der Waals surface area contributed by atoms with Gasteiger partial charge in [0.05, 0.1) is 59.3 Å². The van der Waals surface area contributed by atoms with Gasteiger partial charge < -0.3 is 20.1 Å². The fourth-order valence-corrected chi connectivity index (χ4v) is 7.77. The van der Waals surface area contributed by atoms with E-state index in [-0.39, 0.29) is 51.2 Å². The smallest absolute Gasteiger partial charge is 0.341 e. The second-order valence-corrected chi connectivity index (χ2v) is 16.0. The largest absolute Gasteiger partial charge is 0.493 e. The molecule has 0 bridgehead atoms. The molecule has 2 aromatic heterocycles. The Morgan fingerprint density at radius 1 is 0.667 bits per heavy atom. The van der Waals surface area contributed by atoms with Crippen LogP contribution >= 0.6 is 0 Å². The summed E-state index contributed by atoms with van der Waals surface area (Å²) in [6.45, 7) is -0.171. The first-order chi connectivity index (χ1) is 28.9. The van der Waals surface area contributed by atoms with Gasteiger partial charge in [0.15, 0.2) is 11.5 Å². The molecule has 0 atom stereocenters. The number of sulfonamides is 2. The Bertz CT molecular complexity index is 2720. The van der Waals surface area contributed by atoms with Crippen molar-refractivity contribution in [3.63, 3.8) is 0 Å². The normalized spacial score (nSPS) is 11.0. The number of benzene rings is 4. The highest BCUT2D eigenvalue weighted by Crippen LogP contribution is 2.31. The lowest BCUT2D eigenvalue weighted by Crippen LogP contribution is -2.54. The van der Waals surface area contributed by atoms with Crippen LogP contribution in [0.15, 0.2) is 150 Å². The van der Waals surface area contributed by atoms with Gasteiger partial charge in [0.25, 0.3) is 20.0 Å². The highest BCUT2D eigenvalue weighted by atomic mass is 32.2. The van der Waals surface area contributed by atoms with E-state index in [1.54, 1.807) is 55.0 Å². The van der Waals surface area contributed by atoms with Crippen LogP contribution in [0.5, 0.6) is 11.5 Å². The molecule has 0 aliphatic carbocycles. The number of nitrogens with zero attached hydrogens (tertiary/aromatic N) is 5. The van der Waals surface area contributed by atoms with Crippen LogP contribution in [-0.2, 0) is 33.1 Å². The van der Waals surface area contributed by atoms with E-state index in [0.717, 1.165) is 10.0 Å². The molecule has 6 aromatic rings. The minimum atomic E-state index is -4.16. The van der Waals surface area contributed by atoms with Gasteiger partial charge in [-0.05, 0) is 102 Å². The summed E-state index contributed by atoms with van der Waals surface area (Å²) in [6.07, 6.45) is 6.21. The van der Waals surface area contributed by atoms with E-state index >= 15 is 0 Å². The number of methoxy groups -OCH3 is 2. The first kappa shape index (κ1) is 41.9. The molecule has 0 spiro atoms. The summed E-state index contributed by atoms with van der Waals surface area (Å²) in [5, 5.41) is 16.9. The lowest BCUT2D eigenvalue weighted by atomic mass is 10.2. The summed E-state index contributed by atoms with van der Waals surface area (Å²) < 4.78 is 68.8. The topological polar surface area (TPSA) is 225 Å². The molecule has 0 aliphatic rings. The third kappa shape index (κ3) is 10.4. The average Bonchev–Trinajstić information content (AvgIpc) is 3.26. The summed E-state index contributed by atoms with van der Waals surface area (Å²) in [4.78, 5) is 36.4. The molecule has 2 heterocycles. The number of nitrogens with one attached hydrogen (secondary N) is 4. The Morgan fingerprint density at radius 3 is 1.83 bits per heavy atom. The minimum absolute atomic E-state index is 0.0247. The van der Waals surface area contributed by atoms with Gasteiger partial charge in [-0.2, -0.15) is 10.3 Å². The fraction of sp³-hybridized carbons (Fsp3) is 0.0976. The van der Waals surface area contributed by atoms with E-state index in [1.807, 2.05) is 6.07 Å². The predicted octanol–water partition coefficient (Wildman–Crippen LogP) is 6.33. The molecule has 60 heavy (non-hydrogen) atoms. The van der Waals surface area contributed by atoms with Crippen LogP contribution in [0.1, 0.15) is 16.7 Å². The van der Waals surface area contributed by atoms with Gasteiger partial charge in [0.1, 0.15) is 0 Å². The molecule has 0 unspecified atom stereocenters. The molecule has 0 saturated heterocycles. The molecular formula is C41H37N9O8S2. The van der Waals surface area contributed by atoms with Crippen molar-refractivity contribution >= 4 is 54.9 Å². The number of ether oxygens (including phenoxy) is 2. The third-order valence-corrected chi connectivity index (χ3v) is 11.4.